The van der Waals surface area contributed by atoms with Crippen molar-refractivity contribution in [3.8, 4) is 17.2 Å². The van der Waals surface area contributed by atoms with Crippen molar-refractivity contribution in [3.63, 3.8) is 0 Å². The van der Waals surface area contributed by atoms with Gasteiger partial charge < -0.3 is 23.9 Å². The monoisotopic (exact) mass is 381 g/mol. The first kappa shape index (κ1) is 17.9. The lowest BCUT2D eigenvalue weighted by Gasteiger charge is -2.09. The highest BCUT2D eigenvalue weighted by Crippen LogP contribution is 2.32. The molecule has 2 aromatic carbocycles. The van der Waals surface area contributed by atoms with Gasteiger partial charge in [0.2, 0.25) is 6.79 Å². The van der Waals surface area contributed by atoms with E-state index < -0.39 is 5.63 Å². The Hall–Kier alpha value is -3.48. The second-order valence-corrected chi connectivity index (χ2v) is 6.26. The molecule has 28 heavy (non-hydrogen) atoms. The van der Waals surface area contributed by atoms with Crippen LogP contribution in [0.2, 0.25) is 0 Å². The van der Waals surface area contributed by atoms with E-state index >= 15 is 0 Å². The fourth-order valence-electron chi connectivity index (χ4n) is 3.10. The smallest absolute Gasteiger partial charge is 0.337 e. The van der Waals surface area contributed by atoms with E-state index in [0.717, 1.165) is 11.3 Å². The molecule has 7 heteroatoms. The third kappa shape index (κ3) is 3.64. The third-order valence-electron chi connectivity index (χ3n) is 4.41. The molecule has 2 heterocycles. The minimum atomic E-state index is -0.581. The largest absolute Gasteiger partial charge is 0.494 e. The van der Waals surface area contributed by atoms with Gasteiger partial charge in [-0.3, -0.25) is 4.79 Å². The highest BCUT2D eigenvalue weighted by Gasteiger charge is 2.15. The van der Waals surface area contributed by atoms with Gasteiger partial charge in [-0.2, -0.15) is 0 Å². The topological polar surface area (TPSA) is 87.0 Å². The minimum absolute atomic E-state index is 0.226. The summed E-state index contributed by atoms with van der Waals surface area (Å²) in [4.78, 5) is 24.5. The highest BCUT2D eigenvalue weighted by atomic mass is 16.7. The molecule has 4 rings (SSSR count). The molecule has 1 aliphatic rings. The number of carbonyl (C=O) groups excluding carboxylic acids is 1. The lowest BCUT2D eigenvalue weighted by Crippen LogP contribution is -2.26. The van der Waals surface area contributed by atoms with Crippen molar-refractivity contribution in [2.24, 2.45) is 0 Å². The summed E-state index contributed by atoms with van der Waals surface area (Å²) in [6.07, 6.45) is 0.621. The predicted octanol–water partition coefficient (Wildman–Crippen LogP) is 2.89. The van der Waals surface area contributed by atoms with E-state index in [1.165, 1.54) is 6.07 Å². The number of ether oxygens (including phenoxy) is 3. The van der Waals surface area contributed by atoms with Crippen LogP contribution in [0.1, 0.15) is 22.8 Å². The number of rotatable bonds is 6. The molecular formula is C21H19NO6. The van der Waals surface area contributed by atoms with Crippen LogP contribution in [0, 0.1) is 0 Å². The van der Waals surface area contributed by atoms with Crippen molar-refractivity contribution >= 4 is 16.9 Å². The van der Waals surface area contributed by atoms with Crippen molar-refractivity contribution < 1.29 is 23.4 Å². The van der Waals surface area contributed by atoms with Crippen LogP contribution in [0.4, 0.5) is 0 Å². The van der Waals surface area contributed by atoms with Crippen molar-refractivity contribution in [1.82, 2.24) is 5.32 Å². The Bertz CT molecular complexity index is 1090. The predicted molar refractivity (Wildman–Crippen MR) is 102 cm³/mol. The van der Waals surface area contributed by atoms with Crippen molar-refractivity contribution in [3.05, 3.63) is 64.0 Å². The normalized spacial score (nSPS) is 12.2. The lowest BCUT2D eigenvalue weighted by atomic mass is 10.1. The summed E-state index contributed by atoms with van der Waals surface area (Å²) in [6, 6.07) is 12.0. The molecule has 0 fully saturated rings. The summed E-state index contributed by atoms with van der Waals surface area (Å²) in [7, 11) is 0. The van der Waals surface area contributed by atoms with E-state index in [1.807, 2.05) is 25.1 Å². The van der Waals surface area contributed by atoms with Gasteiger partial charge in [-0.25, -0.2) is 4.79 Å². The van der Waals surface area contributed by atoms with Crippen LogP contribution in [0.15, 0.2) is 51.7 Å². The molecule has 1 aliphatic heterocycles. The number of benzene rings is 2. The van der Waals surface area contributed by atoms with Gasteiger partial charge in [-0.1, -0.05) is 6.07 Å². The van der Waals surface area contributed by atoms with E-state index in [9.17, 15) is 9.59 Å². The summed E-state index contributed by atoms with van der Waals surface area (Å²) in [5.74, 6) is 1.68. The average molecular weight is 381 g/mol. The number of carbonyl (C=O) groups is 1. The molecule has 0 aliphatic carbocycles. The molecule has 0 unspecified atom stereocenters. The standard InChI is InChI=1S/C21H19NO6/c1-2-25-14-4-5-15-16(11-20(23)28-18(15)10-14)21(24)22-8-7-13-3-6-17-19(9-13)27-12-26-17/h3-6,9-11H,2,7-8,12H2,1H3,(H,22,24). The van der Waals surface area contributed by atoms with Gasteiger partial charge in [0.15, 0.2) is 11.5 Å². The van der Waals surface area contributed by atoms with Gasteiger partial charge in [0.25, 0.3) is 5.91 Å². The Labute approximate surface area is 160 Å². The summed E-state index contributed by atoms with van der Waals surface area (Å²) >= 11 is 0. The molecule has 1 aromatic heterocycles. The Morgan fingerprint density at radius 1 is 1.11 bits per heavy atom. The molecule has 0 saturated heterocycles. The molecular weight excluding hydrogens is 362 g/mol. The van der Waals surface area contributed by atoms with E-state index in [2.05, 4.69) is 5.32 Å². The molecule has 1 amide bonds. The SMILES string of the molecule is CCOc1ccc2c(C(=O)NCCc3ccc4c(c3)OCO4)cc(=O)oc2c1. The number of nitrogens with one attached hydrogen (secondary N) is 1. The highest BCUT2D eigenvalue weighted by molar-refractivity contribution is 6.05. The average Bonchev–Trinajstić information content (AvgIpc) is 3.15. The Morgan fingerprint density at radius 3 is 2.82 bits per heavy atom. The van der Waals surface area contributed by atoms with E-state index in [0.29, 0.717) is 42.0 Å². The molecule has 0 atom stereocenters. The molecule has 0 saturated carbocycles. The second-order valence-electron chi connectivity index (χ2n) is 6.26. The van der Waals surface area contributed by atoms with E-state index in [1.54, 1.807) is 18.2 Å². The van der Waals surface area contributed by atoms with Gasteiger partial charge in [0.1, 0.15) is 11.3 Å². The van der Waals surface area contributed by atoms with Gasteiger partial charge in [0, 0.05) is 24.1 Å². The first-order valence-electron chi connectivity index (χ1n) is 9.01. The molecule has 0 radical (unpaired) electrons. The van der Waals surface area contributed by atoms with Gasteiger partial charge in [0.05, 0.1) is 12.2 Å². The minimum Gasteiger partial charge on any atom is -0.494 e. The first-order chi connectivity index (χ1) is 13.6. The maximum atomic E-state index is 12.6. The fraction of sp³-hybridized carbons (Fsp3) is 0.238. The van der Waals surface area contributed by atoms with Crippen molar-refractivity contribution in [2.45, 2.75) is 13.3 Å². The van der Waals surface area contributed by atoms with E-state index in [-0.39, 0.29) is 18.3 Å². The van der Waals surface area contributed by atoms with Crippen LogP contribution < -0.4 is 25.2 Å². The fourth-order valence-corrected chi connectivity index (χ4v) is 3.10. The van der Waals surface area contributed by atoms with Crippen LogP contribution in [0.3, 0.4) is 0 Å². The summed E-state index contributed by atoms with van der Waals surface area (Å²) < 4.78 is 21.3. The number of amides is 1. The number of fused-ring (bicyclic) bond motifs is 2. The Kier molecular flexibility index (Phi) is 4.89. The third-order valence-corrected chi connectivity index (χ3v) is 4.41. The van der Waals surface area contributed by atoms with Gasteiger partial charge in [-0.15, -0.1) is 0 Å². The molecule has 0 bridgehead atoms. The molecule has 1 N–H and O–H groups in total. The van der Waals surface area contributed by atoms with E-state index in [4.69, 9.17) is 18.6 Å². The van der Waals surface area contributed by atoms with Crippen molar-refractivity contribution in [1.29, 1.82) is 0 Å². The zero-order valence-corrected chi connectivity index (χ0v) is 15.3. The summed E-state index contributed by atoms with van der Waals surface area (Å²) in [6.45, 7) is 3.00. The Morgan fingerprint density at radius 2 is 1.96 bits per heavy atom. The zero-order valence-electron chi connectivity index (χ0n) is 15.3. The maximum Gasteiger partial charge on any atom is 0.337 e. The van der Waals surface area contributed by atoms with Crippen LogP contribution in [-0.2, 0) is 6.42 Å². The molecule has 3 aromatic rings. The first-order valence-corrected chi connectivity index (χ1v) is 9.01. The summed E-state index contributed by atoms with van der Waals surface area (Å²) in [5.41, 5.74) is 1.03. The van der Waals surface area contributed by atoms with Gasteiger partial charge in [-0.05, 0) is 43.2 Å². The van der Waals surface area contributed by atoms with Crippen LogP contribution >= 0.6 is 0 Å². The molecule has 0 spiro atoms. The van der Waals surface area contributed by atoms with Crippen LogP contribution in [0.5, 0.6) is 17.2 Å². The molecule has 144 valence electrons. The van der Waals surface area contributed by atoms with Gasteiger partial charge >= 0.3 is 5.63 Å². The second kappa shape index (κ2) is 7.64. The zero-order chi connectivity index (χ0) is 19.5. The molecule has 7 nitrogen and oxygen atoms in total. The van der Waals surface area contributed by atoms with Crippen molar-refractivity contribution in [2.75, 3.05) is 19.9 Å². The number of hydrogen-bond donors (Lipinski definition) is 1. The van der Waals surface area contributed by atoms with Crippen LogP contribution in [-0.4, -0.2) is 25.9 Å². The summed E-state index contributed by atoms with van der Waals surface area (Å²) in [5, 5.41) is 3.41. The van der Waals surface area contributed by atoms with Crippen LogP contribution in [0.25, 0.3) is 11.0 Å². The number of hydrogen-bond acceptors (Lipinski definition) is 6. The maximum absolute atomic E-state index is 12.6. The Balaban J connectivity index is 1.48. The lowest BCUT2D eigenvalue weighted by molar-refractivity contribution is 0.0955. The quantitative estimate of drug-likeness (QED) is 0.661.